The standard InChI is InChI=1S/C15H20F3N3O/c1-8(13-9(2)20-21-10(13)3)14(22)19-12-7-5-4-6-11(12)15(16,17)18/h4-10,13,20-21H,1-3H3,(H,19,22). The number of para-hydroxylation sites is 1. The molecule has 22 heavy (non-hydrogen) atoms. The van der Waals surface area contributed by atoms with E-state index in [1.807, 2.05) is 13.8 Å². The van der Waals surface area contributed by atoms with E-state index in [1.54, 1.807) is 6.92 Å². The van der Waals surface area contributed by atoms with Gasteiger partial charge in [-0.15, -0.1) is 0 Å². The minimum absolute atomic E-state index is 0.00181. The molecule has 1 amide bonds. The summed E-state index contributed by atoms with van der Waals surface area (Å²) < 4.78 is 38.9. The third kappa shape index (κ3) is 3.41. The molecule has 7 heteroatoms. The van der Waals surface area contributed by atoms with Crippen molar-refractivity contribution in [1.82, 2.24) is 10.9 Å². The zero-order chi connectivity index (χ0) is 16.5. The molecular weight excluding hydrogens is 295 g/mol. The Labute approximate surface area is 127 Å². The van der Waals surface area contributed by atoms with Gasteiger partial charge in [-0.1, -0.05) is 19.1 Å². The summed E-state index contributed by atoms with van der Waals surface area (Å²) in [6.45, 7) is 5.61. The van der Waals surface area contributed by atoms with E-state index >= 15 is 0 Å². The van der Waals surface area contributed by atoms with Crippen LogP contribution in [0.25, 0.3) is 0 Å². The lowest BCUT2D eigenvalue weighted by atomic mass is 9.84. The van der Waals surface area contributed by atoms with Crippen molar-refractivity contribution in [3.63, 3.8) is 0 Å². The molecule has 0 radical (unpaired) electrons. The number of amides is 1. The highest BCUT2D eigenvalue weighted by molar-refractivity contribution is 5.93. The summed E-state index contributed by atoms with van der Waals surface area (Å²) in [6, 6.07) is 5.13. The first kappa shape index (κ1) is 16.8. The van der Waals surface area contributed by atoms with Crippen LogP contribution in [0.3, 0.4) is 0 Å². The second-order valence-corrected chi connectivity index (χ2v) is 5.76. The molecule has 3 atom stereocenters. The lowest BCUT2D eigenvalue weighted by Gasteiger charge is -2.25. The van der Waals surface area contributed by atoms with Gasteiger partial charge in [-0.2, -0.15) is 13.2 Å². The third-order valence-electron chi connectivity index (χ3n) is 4.17. The normalized spacial score (nSPS) is 26.7. The zero-order valence-corrected chi connectivity index (χ0v) is 12.7. The van der Waals surface area contributed by atoms with E-state index in [1.165, 1.54) is 18.2 Å². The van der Waals surface area contributed by atoms with Crippen molar-refractivity contribution in [3.8, 4) is 0 Å². The number of hydrazine groups is 1. The van der Waals surface area contributed by atoms with Crippen LogP contribution in [-0.2, 0) is 11.0 Å². The quantitative estimate of drug-likeness (QED) is 0.804. The Balaban J connectivity index is 2.16. The van der Waals surface area contributed by atoms with Gasteiger partial charge in [-0.05, 0) is 26.0 Å². The highest BCUT2D eigenvalue weighted by Crippen LogP contribution is 2.35. The highest BCUT2D eigenvalue weighted by Gasteiger charge is 2.38. The SMILES string of the molecule is CC1NNC(C)C1C(C)C(=O)Nc1ccccc1C(F)(F)F. The number of alkyl halides is 3. The monoisotopic (exact) mass is 315 g/mol. The zero-order valence-electron chi connectivity index (χ0n) is 12.7. The number of benzene rings is 1. The summed E-state index contributed by atoms with van der Waals surface area (Å²) in [4.78, 5) is 12.3. The third-order valence-corrected chi connectivity index (χ3v) is 4.17. The molecule has 0 spiro atoms. The Morgan fingerprint density at radius 1 is 1.18 bits per heavy atom. The van der Waals surface area contributed by atoms with E-state index in [0.29, 0.717) is 0 Å². The molecule has 122 valence electrons. The van der Waals surface area contributed by atoms with Gasteiger partial charge >= 0.3 is 6.18 Å². The Kier molecular flexibility index (Phi) is 4.77. The van der Waals surface area contributed by atoms with Gasteiger partial charge in [0.15, 0.2) is 0 Å². The molecule has 0 aromatic heterocycles. The predicted octanol–water partition coefficient (Wildman–Crippen LogP) is 2.78. The number of hydrogen-bond donors (Lipinski definition) is 3. The average Bonchev–Trinajstić information content (AvgIpc) is 2.76. The molecule has 4 nitrogen and oxygen atoms in total. The average molecular weight is 315 g/mol. The number of rotatable bonds is 3. The van der Waals surface area contributed by atoms with Crippen LogP contribution in [-0.4, -0.2) is 18.0 Å². The van der Waals surface area contributed by atoms with Gasteiger partial charge in [0.1, 0.15) is 0 Å². The van der Waals surface area contributed by atoms with Gasteiger partial charge in [0.25, 0.3) is 0 Å². The van der Waals surface area contributed by atoms with Crippen LogP contribution in [0.15, 0.2) is 24.3 Å². The Morgan fingerprint density at radius 3 is 2.27 bits per heavy atom. The fourth-order valence-corrected chi connectivity index (χ4v) is 3.02. The number of carbonyl (C=O) groups is 1. The number of halogens is 3. The smallest absolute Gasteiger partial charge is 0.325 e. The van der Waals surface area contributed by atoms with E-state index in [9.17, 15) is 18.0 Å². The molecule has 2 rings (SSSR count). The molecule has 1 aromatic carbocycles. The molecule has 0 bridgehead atoms. The van der Waals surface area contributed by atoms with Gasteiger partial charge < -0.3 is 5.32 Å². The minimum Gasteiger partial charge on any atom is -0.325 e. The van der Waals surface area contributed by atoms with Crippen LogP contribution in [0.1, 0.15) is 26.3 Å². The van der Waals surface area contributed by atoms with E-state index in [4.69, 9.17) is 0 Å². The maximum Gasteiger partial charge on any atom is 0.418 e. The molecule has 0 saturated carbocycles. The Morgan fingerprint density at radius 2 is 1.73 bits per heavy atom. The molecule has 1 saturated heterocycles. The van der Waals surface area contributed by atoms with Gasteiger partial charge in [0.2, 0.25) is 5.91 Å². The van der Waals surface area contributed by atoms with Crippen molar-refractivity contribution >= 4 is 11.6 Å². The minimum atomic E-state index is -4.50. The summed E-state index contributed by atoms with van der Waals surface area (Å²) in [5.74, 6) is -0.835. The first-order chi connectivity index (χ1) is 10.2. The lowest BCUT2D eigenvalue weighted by molar-refractivity contribution is -0.137. The Hall–Kier alpha value is -1.60. The van der Waals surface area contributed by atoms with E-state index < -0.39 is 23.6 Å². The summed E-state index contributed by atoms with van der Waals surface area (Å²) in [6.07, 6.45) is -4.50. The van der Waals surface area contributed by atoms with Crippen LogP contribution in [0, 0.1) is 11.8 Å². The van der Waals surface area contributed by atoms with Gasteiger partial charge in [0.05, 0.1) is 11.3 Å². The van der Waals surface area contributed by atoms with Crippen molar-refractivity contribution in [2.75, 3.05) is 5.32 Å². The summed E-state index contributed by atoms with van der Waals surface area (Å²) in [7, 11) is 0. The number of carbonyl (C=O) groups excluding carboxylic acids is 1. The molecule has 1 aromatic rings. The Bertz CT molecular complexity index is 537. The largest absolute Gasteiger partial charge is 0.418 e. The summed E-state index contributed by atoms with van der Waals surface area (Å²) in [5.41, 5.74) is 5.05. The number of anilines is 1. The highest BCUT2D eigenvalue weighted by atomic mass is 19.4. The molecule has 3 unspecified atom stereocenters. The number of hydrogen-bond acceptors (Lipinski definition) is 3. The van der Waals surface area contributed by atoms with Crippen molar-refractivity contribution in [2.45, 2.75) is 39.0 Å². The van der Waals surface area contributed by atoms with Crippen LogP contribution in [0.5, 0.6) is 0 Å². The van der Waals surface area contributed by atoms with Crippen LogP contribution < -0.4 is 16.2 Å². The maximum absolute atomic E-state index is 13.0. The topological polar surface area (TPSA) is 53.2 Å². The number of nitrogens with one attached hydrogen (secondary N) is 3. The molecule has 0 aliphatic carbocycles. The van der Waals surface area contributed by atoms with Crippen molar-refractivity contribution < 1.29 is 18.0 Å². The van der Waals surface area contributed by atoms with E-state index in [2.05, 4.69) is 16.2 Å². The fraction of sp³-hybridized carbons (Fsp3) is 0.533. The second kappa shape index (κ2) is 6.26. The first-order valence-corrected chi connectivity index (χ1v) is 7.20. The van der Waals surface area contributed by atoms with Gasteiger partial charge in [0, 0.05) is 23.9 Å². The van der Waals surface area contributed by atoms with Crippen molar-refractivity contribution in [2.24, 2.45) is 11.8 Å². The van der Waals surface area contributed by atoms with Crippen molar-refractivity contribution in [3.05, 3.63) is 29.8 Å². The van der Waals surface area contributed by atoms with Crippen LogP contribution in [0.4, 0.5) is 18.9 Å². The molecular formula is C15H20F3N3O. The lowest BCUT2D eigenvalue weighted by Crippen LogP contribution is -2.37. The van der Waals surface area contributed by atoms with Crippen LogP contribution in [0.2, 0.25) is 0 Å². The predicted molar refractivity (Wildman–Crippen MR) is 77.9 cm³/mol. The summed E-state index contributed by atoms with van der Waals surface area (Å²) >= 11 is 0. The molecule has 3 N–H and O–H groups in total. The van der Waals surface area contributed by atoms with E-state index in [0.717, 1.165) is 6.07 Å². The fourth-order valence-electron chi connectivity index (χ4n) is 3.02. The van der Waals surface area contributed by atoms with Crippen LogP contribution >= 0.6 is 0 Å². The van der Waals surface area contributed by atoms with Gasteiger partial charge in [-0.25, -0.2) is 0 Å². The molecule has 1 aliphatic heterocycles. The molecule has 1 heterocycles. The maximum atomic E-state index is 13.0. The summed E-state index contributed by atoms with van der Waals surface area (Å²) in [5, 5.41) is 2.42. The van der Waals surface area contributed by atoms with Gasteiger partial charge in [-0.3, -0.25) is 15.6 Å². The first-order valence-electron chi connectivity index (χ1n) is 7.20. The van der Waals surface area contributed by atoms with Crippen molar-refractivity contribution in [1.29, 1.82) is 0 Å². The molecule has 1 fully saturated rings. The van der Waals surface area contributed by atoms with E-state index in [-0.39, 0.29) is 23.7 Å². The second-order valence-electron chi connectivity index (χ2n) is 5.76. The molecule has 1 aliphatic rings.